The molecule has 2 N–H and O–H groups in total. The molecule has 1 saturated carbocycles. The minimum atomic E-state index is -0.315. The van der Waals surface area contributed by atoms with E-state index >= 15 is 0 Å². The van der Waals surface area contributed by atoms with Gasteiger partial charge >= 0.3 is 0 Å². The van der Waals surface area contributed by atoms with Crippen molar-refractivity contribution in [3.05, 3.63) is 34.2 Å². The first-order valence-corrected chi connectivity index (χ1v) is 8.53. The lowest BCUT2D eigenvalue weighted by molar-refractivity contribution is -0.127. The molecule has 8 heteroatoms. The third-order valence-electron chi connectivity index (χ3n) is 4.21. The summed E-state index contributed by atoms with van der Waals surface area (Å²) in [6.07, 6.45) is 4.65. The van der Waals surface area contributed by atoms with Gasteiger partial charge in [-0.25, -0.2) is 0 Å². The van der Waals surface area contributed by atoms with Gasteiger partial charge in [-0.1, -0.05) is 24.6 Å². The van der Waals surface area contributed by atoms with Crippen LogP contribution >= 0.6 is 11.8 Å². The molecule has 1 aliphatic carbocycles. The number of aromatic nitrogens is 1. The van der Waals surface area contributed by atoms with E-state index in [0.717, 1.165) is 31.0 Å². The summed E-state index contributed by atoms with van der Waals surface area (Å²) in [4.78, 5) is 51.0. The molecule has 1 aromatic heterocycles. The second kappa shape index (κ2) is 6.57. The average molecular weight is 335 g/mol. The summed E-state index contributed by atoms with van der Waals surface area (Å²) in [5.74, 6) is -0.323. The number of aromatic amines is 1. The predicted octanol–water partition coefficient (Wildman–Crippen LogP) is 1.11. The number of H-pyrrole nitrogens is 1. The Morgan fingerprint density at radius 2 is 2.00 bits per heavy atom. The molecule has 2 fully saturated rings. The number of hydrogen-bond acceptors (Lipinski definition) is 5. The smallest absolute Gasteiger partial charge is 0.289 e. The number of nitrogens with one attached hydrogen (secondary N) is 2. The van der Waals surface area contributed by atoms with Gasteiger partial charge in [0.25, 0.3) is 11.1 Å². The number of pyridine rings is 1. The van der Waals surface area contributed by atoms with E-state index in [2.05, 4.69) is 10.3 Å². The van der Waals surface area contributed by atoms with Gasteiger partial charge in [0.2, 0.25) is 11.5 Å². The Hall–Kier alpha value is -2.09. The molecule has 2 heterocycles. The van der Waals surface area contributed by atoms with Gasteiger partial charge in [-0.05, 0) is 18.9 Å². The van der Waals surface area contributed by atoms with Gasteiger partial charge in [0.1, 0.15) is 0 Å². The van der Waals surface area contributed by atoms with Crippen molar-refractivity contribution in [1.29, 1.82) is 0 Å². The number of carbonyl (C=O) groups is 3. The molecule has 122 valence electrons. The summed E-state index contributed by atoms with van der Waals surface area (Å²) >= 11 is 1.01. The molecule has 0 spiro atoms. The molecule has 7 nitrogen and oxygen atoms in total. The van der Waals surface area contributed by atoms with Crippen molar-refractivity contribution in [3.8, 4) is 0 Å². The monoisotopic (exact) mass is 335 g/mol. The van der Waals surface area contributed by atoms with Crippen molar-refractivity contribution in [2.24, 2.45) is 0 Å². The van der Waals surface area contributed by atoms with Gasteiger partial charge in [0.15, 0.2) is 0 Å². The van der Waals surface area contributed by atoms with Gasteiger partial charge in [0.05, 0.1) is 23.4 Å². The minimum Gasteiger partial charge on any atom is -0.347 e. The highest BCUT2D eigenvalue weighted by Crippen LogP contribution is 2.30. The van der Waals surface area contributed by atoms with Crippen molar-refractivity contribution in [2.75, 3.05) is 5.75 Å². The van der Waals surface area contributed by atoms with Gasteiger partial charge in [-0.15, -0.1) is 0 Å². The quantitative estimate of drug-likeness (QED) is 0.862. The van der Waals surface area contributed by atoms with Crippen LogP contribution in [0.2, 0.25) is 0 Å². The van der Waals surface area contributed by atoms with E-state index in [1.165, 1.54) is 23.2 Å². The maximum atomic E-state index is 12.3. The Morgan fingerprint density at radius 3 is 2.65 bits per heavy atom. The minimum absolute atomic E-state index is 0.177. The molecular formula is C15H17N3O4S. The highest BCUT2D eigenvalue weighted by atomic mass is 32.2. The van der Waals surface area contributed by atoms with Crippen molar-refractivity contribution >= 4 is 28.8 Å². The van der Waals surface area contributed by atoms with E-state index < -0.39 is 0 Å². The van der Waals surface area contributed by atoms with Crippen molar-refractivity contribution in [2.45, 2.75) is 37.8 Å². The molecule has 1 saturated heterocycles. The van der Waals surface area contributed by atoms with Gasteiger partial charge in [-0.2, -0.15) is 0 Å². The van der Waals surface area contributed by atoms with Crippen LogP contribution in [0.15, 0.2) is 23.1 Å². The fourth-order valence-corrected chi connectivity index (χ4v) is 3.84. The number of hydrogen-bond donors (Lipinski definition) is 2. The van der Waals surface area contributed by atoms with Gasteiger partial charge in [0, 0.05) is 12.3 Å². The van der Waals surface area contributed by atoms with E-state index in [0.29, 0.717) is 12.0 Å². The molecule has 2 aliphatic rings. The fraction of sp³-hybridized carbons (Fsp3) is 0.467. The zero-order valence-electron chi connectivity index (χ0n) is 12.4. The van der Waals surface area contributed by atoms with Crippen LogP contribution in [0.5, 0.6) is 0 Å². The average Bonchev–Trinajstić information content (AvgIpc) is 2.87. The second-order valence-corrected chi connectivity index (χ2v) is 6.62. The maximum Gasteiger partial charge on any atom is 0.289 e. The van der Waals surface area contributed by atoms with Gasteiger partial charge in [-0.3, -0.25) is 24.1 Å². The SMILES string of the molecule is O=C(N[C@H]1CCCC[C@H]1N1C(=O)CSC1=O)c1ccc(=O)[nH]c1. The van der Waals surface area contributed by atoms with Crippen LogP contribution in [0, 0.1) is 0 Å². The normalized spacial score (nSPS) is 24.8. The topological polar surface area (TPSA) is 99.3 Å². The van der Waals surface area contributed by atoms with Crippen molar-refractivity contribution < 1.29 is 14.4 Å². The first-order chi connectivity index (χ1) is 11.1. The maximum absolute atomic E-state index is 12.3. The Bertz CT molecular complexity index is 666. The summed E-state index contributed by atoms with van der Waals surface area (Å²) < 4.78 is 0. The van der Waals surface area contributed by atoms with Gasteiger partial charge < -0.3 is 10.3 Å². The number of amides is 3. The molecule has 3 amide bonds. The molecule has 0 radical (unpaired) electrons. The van der Waals surface area contributed by atoms with E-state index in [4.69, 9.17) is 0 Å². The molecule has 0 bridgehead atoms. The highest BCUT2D eigenvalue weighted by molar-refractivity contribution is 8.14. The number of imide groups is 1. The molecule has 1 aliphatic heterocycles. The Balaban J connectivity index is 1.75. The fourth-order valence-electron chi connectivity index (χ4n) is 3.08. The van der Waals surface area contributed by atoms with E-state index in [1.807, 2.05) is 0 Å². The first kappa shape index (κ1) is 15.8. The Morgan fingerprint density at radius 1 is 1.22 bits per heavy atom. The Kier molecular flexibility index (Phi) is 4.51. The molecular weight excluding hydrogens is 318 g/mol. The molecule has 23 heavy (non-hydrogen) atoms. The number of nitrogens with zero attached hydrogens (tertiary/aromatic N) is 1. The summed E-state index contributed by atoms with van der Waals surface area (Å²) in [5, 5.41) is 2.68. The van der Waals surface area contributed by atoms with Crippen molar-refractivity contribution in [3.63, 3.8) is 0 Å². The number of carbonyl (C=O) groups excluding carboxylic acids is 3. The lowest BCUT2D eigenvalue weighted by Crippen LogP contribution is -2.54. The molecule has 0 aromatic carbocycles. The summed E-state index contributed by atoms with van der Waals surface area (Å²) in [7, 11) is 0. The summed E-state index contributed by atoms with van der Waals surface area (Å²) in [5.41, 5.74) is 0.0738. The third kappa shape index (κ3) is 3.31. The molecule has 3 rings (SSSR count). The van der Waals surface area contributed by atoms with Crippen LogP contribution in [-0.4, -0.2) is 44.8 Å². The third-order valence-corrected chi connectivity index (χ3v) is 5.04. The number of thioether (sulfide) groups is 1. The van der Waals surface area contributed by atoms with E-state index in [1.54, 1.807) is 0 Å². The lowest BCUT2D eigenvalue weighted by atomic mass is 9.89. The largest absolute Gasteiger partial charge is 0.347 e. The predicted molar refractivity (Wildman–Crippen MR) is 85.3 cm³/mol. The lowest BCUT2D eigenvalue weighted by Gasteiger charge is -2.36. The standard InChI is InChI=1S/C15H17N3O4S/c19-12-6-5-9(7-16-12)14(21)17-10-3-1-2-4-11(10)18-13(20)8-23-15(18)22/h5-7,10-11H,1-4,8H2,(H,16,19)(H,17,21)/t10-,11+/m0/s1. The second-order valence-electron chi connectivity index (χ2n) is 5.69. The summed E-state index contributed by atoms with van der Waals surface area (Å²) in [6, 6.07) is 2.20. The number of rotatable bonds is 3. The van der Waals surface area contributed by atoms with Crippen LogP contribution in [0.4, 0.5) is 4.79 Å². The first-order valence-electron chi connectivity index (χ1n) is 7.54. The van der Waals surface area contributed by atoms with Crippen LogP contribution in [0.25, 0.3) is 0 Å². The van der Waals surface area contributed by atoms with Crippen LogP contribution in [0.3, 0.4) is 0 Å². The van der Waals surface area contributed by atoms with Crippen LogP contribution in [0.1, 0.15) is 36.0 Å². The highest BCUT2D eigenvalue weighted by Gasteiger charge is 2.41. The van der Waals surface area contributed by atoms with E-state index in [-0.39, 0.29) is 40.4 Å². The zero-order chi connectivity index (χ0) is 16.4. The zero-order valence-corrected chi connectivity index (χ0v) is 13.2. The summed E-state index contributed by atoms with van der Waals surface area (Å²) in [6.45, 7) is 0. The Labute approximate surface area is 136 Å². The van der Waals surface area contributed by atoms with Crippen LogP contribution in [-0.2, 0) is 4.79 Å². The van der Waals surface area contributed by atoms with Crippen molar-refractivity contribution in [1.82, 2.24) is 15.2 Å². The van der Waals surface area contributed by atoms with E-state index in [9.17, 15) is 19.2 Å². The van der Waals surface area contributed by atoms with Crippen LogP contribution < -0.4 is 10.9 Å². The molecule has 0 unspecified atom stereocenters. The molecule has 1 aromatic rings. The molecule has 2 atom stereocenters.